The van der Waals surface area contributed by atoms with Gasteiger partial charge in [-0.1, -0.05) is 24.3 Å². The zero-order chi connectivity index (χ0) is 20.0. The molecule has 1 amide bonds. The van der Waals surface area contributed by atoms with Crippen molar-refractivity contribution in [2.24, 2.45) is 11.8 Å². The van der Waals surface area contributed by atoms with E-state index in [2.05, 4.69) is 56.2 Å². The summed E-state index contributed by atoms with van der Waals surface area (Å²) in [5.74, 6) is 2.57. The van der Waals surface area contributed by atoms with Crippen molar-refractivity contribution in [1.82, 2.24) is 25.0 Å². The first-order valence-electron chi connectivity index (χ1n) is 10.1. The normalized spacial score (nSPS) is 24.2. The number of carbonyl (C=O) groups is 1. The second kappa shape index (κ2) is 7.15. The van der Waals surface area contributed by atoms with Crippen LogP contribution in [0.25, 0.3) is 0 Å². The number of H-pyrrole nitrogens is 1. The van der Waals surface area contributed by atoms with Crippen molar-refractivity contribution in [3.63, 3.8) is 0 Å². The first-order chi connectivity index (χ1) is 14.1. The Labute approximate surface area is 169 Å². The third-order valence-corrected chi connectivity index (χ3v) is 6.28. The Morgan fingerprint density at radius 3 is 2.79 bits per heavy atom. The van der Waals surface area contributed by atoms with Crippen LogP contribution >= 0.6 is 0 Å². The van der Waals surface area contributed by atoms with E-state index in [1.54, 1.807) is 18.6 Å². The van der Waals surface area contributed by atoms with Gasteiger partial charge in [-0.15, -0.1) is 0 Å². The maximum atomic E-state index is 13.2. The standard InChI is InChI=1S/C22H25N5O2/c1-14-5-3-4-6-18(14)21-19-11-26(12-20-23-15(2)24-25-20)9-17(19)10-27(21)22(28)16-7-8-29-13-16/h3-8,13,17,19,21H,9-12H2,1-2H3,(H,23,24,25)/t17-,19-,21+/m0/s1. The predicted octanol–water partition coefficient (Wildman–Crippen LogP) is 2.96. The van der Waals surface area contributed by atoms with Crippen molar-refractivity contribution in [2.45, 2.75) is 26.4 Å². The summed E-state index contributed by atoms with van der Waals surface area (Å²) in [5.41, 5.74) is 3.09. The predicted molar refractivity (Wildman–Crippen MR) is 107 cm³/mol. The number of aromatic nitrogens is 3. The number of aromatic amines is 1. The van der Waals surface area contributed by atoms with Crippen LogP contribution < -0.4 is 0 Å². The molecule has 7 heteroatoms. The molecule has 0 spiro atoms. The van der Waals surface area contributed by atoms with Gasteiger partial charge in [0, 0.05) is 25.6 Å². The molecule has 29 heavy (non-hydrogen) atoms. The fourth-order valence-corrected chi connectivity index (χ4v) is 5.00. The Morgan fingerprint density at radius 1 is 1.21 bits per heavy atom. The molecule has 2 fully saturated rings. The summed E-state index contributed by atoms with van der Waals surface area (Å²) in [6, 6.07) is 10.2. The third-order valence-electron chi connectivity index (χ3n) is 6.28. The minimum Gasteiger partial charge on any atom is -0.472 e. The van der Waals surface area contributed by atoms with E-state index in [1.807, 2.05) is 6.92 Å². The molecule has 0 bridgehead atoms. The van der Waals surface area contributed by atoms with E-state index in [1.165, 1.54) is 11.1 Å². The summed E-state index contributed by atoms with van der Waals surface area (Å²) < 4.78 is 5.17. The number of benzene rings is 1. The monoisotopic (exact) mass is 391 g/mol. The highest BCUT2D eigenvalue weighted by atomic mass is 16.3. The van der Waals surface area contributed by atoms with E-state index in [-0.39, 0.29) is 11.9 Å². The molecule has 2 aliphatic heterocycles. The van der Waals surface area contributed by atoms with Gasteiger partial charge >= 0.3 is 0 Å². The van der Waals surface area contributed by atoms with Crippen LogP contribution in [0.3, 0.4) is 0 Å². The number of amides is 1. The van der Waals surface area contributed by atoms with Crippen LogP contribution in [0.1, 0.15) is 39.2 Å². The summed E-state index contributed by atoms with van der Waals surface area (Å²) in [5, 5.41) is 7.21. The summed E-state index contributed by atoms with van der Waals surface area (Å²) >= 11 is 0. The van der Waals surface area contributed by atoms with Gasteiger partial charge in [0.1, 0.15) is 12.1 Å². The molecule has 0 aliphatic carbocycles. The van der Waals surface area contributed by atoms with Crippen LogP contribution in [-0.4, -0.2) is 50.5 Å². The summed E-state index contributed by atoms with van der Waals surface area (Å²) in [6.07, 6.45) is 3.11. The molecule has 3 atom stereocenters. The number of nitrogens with zero attached hydrogens (tertiary/aromatic N) is 4. The van der Waals surface area contributed by atoms with E-state index in [0.717, 1.165) is 37.8 Å². The first kappa shape index (κ1) is 18.1. The highest BCUT2D eigenvalue weighted by Crippen LogP contribution is 2.46. The third kappa shape index (κ3) is 3.25. The van der Waals surface area contributed by atoms with Gasteiger partial charge < -0.3 is 9.32 Å². The number of rotatable bonds is 4. The van der Waals surface area contributed by atoms with Gasteiger partial charge in [-0.2, -0.15) is 5.10 Å². The molecule has 150 valence electrons. The van der Waals surface area contributed by atoms with Gasteiger partial charge in [-0.05, 0) is 37.0 Å². The van der Waals surface area contributed by atoms with Gasteiger partial charge in [0.25, 0.3) is 5.91 Å². The van der Waals surface area contributed by atoms with Crippen LogP contribution in [0.5, 0.6) is 0 Å². The van der Waals surface area contributed by atoms with E-state index in [9.17, 15) is 4.79 Å². The van der Waals surface area contributed by atoms with Crippen molar-refractivity contribution >= 4 is 5.91 Å². The van der Waals surface area contributed by atoms with Crippen molar-refractivity contribution in [1.29, 1.82) is 0 Å². The molecule has 0 radical (unpaired) electrons. The average Bonchev–Trinajstić information content (AvgIpc) is 3.47. The zero-order valence-electron chi connectivity index (χ0n) is 16.7. The Bertz CT molecular complexity index is 1010. The molecule has 3 aromatic rings. The second-order valence-corrected chi connectivity index (χ2v) is 8.23. The van der Waals surface area contributed by atoms with Gasteiger partial charge in [0.2, 0.25) is 0 Å². The Kier molecular flexibility index (Phi) is 4.47. The molecule has 7 nitrogen and oxygen atoms in total. The summed E-state index contributed by atoms with van der Waals surface area (Å²) in [7, 11) is 0. The lowest BCUT2D eigenvalue weighted by atomic mass is 9.87. The first-order valence-corrected chi connectivity index (χ1v) is 10.1. The van der Waals surface area contributed by atoms with Gasteiger partial charge in [0.05, 0.1) is 24.4 Å². The lowest BCUT2D eigenvalue weighted by Gasteiger charge is -2.30. The number of hydrogen-bond donors (Lipinski definition) is 1. The molecule has 2 aromatic heterocycles. The van der Waals surface area contributed by atoms with Crippen molar-refractivity contribution in [3.05, 3.63) is 71.2 Å². The number of nitrogens with one attached hydrogen (secondary N) is 1. The maximum absolute atomic E-state index is 13.2. The topological polar surface area (TPSA) is 78.3 Å². The molecular weight excluding hydrogens is 366 g/mol. The van der Waals surface area contributed by atoms with Crippen LogP contribution in [0.4, 0.5) is 0 Å². The fraction of sp³-hybridized carbons (Fsp3) is 0.409. The SMILES string of the molecule is Cc1nc(CN2C[C@H]3CN(C(=O)c4ccoc4)[C@H](c4ccccc4C)[C@H]3C2)n[nH]1. The molecule has 2 saturated heterocycles. The van der Waals surface area contributed by atoms with Crippen molar-refractivity contribution < 1.29 is 9.21 Å². The molecule has 5 rings (SSSR count). The number of furan rings is 1. The van der Waals surface area contributed by atoms with Crippen molar-refractivity contribution in [3.8, 4) is 0 Å². The Hall–Kier alpha value is -2.93. The van der Waals surface area contributed by atoms with E-state index in [4.69, 9.17) is 4.42 Å². The summed E-state index contributed by atoms with van der Waals surface area (Å²) in [6.45, 7) is 7.45. The zero-order valence-corrected chi connectivity index (χ0v) is 16.7. The fourth-order valence-electron chi connectivity index (χ4n) is 5.00. The quantitative estimate of drug-likeness (QED) is 0.740. The van der Waals surface area contributed by atoms with Crippen LogP contribution in [0.15, 0.2) is 47.3 Å². The number of carbonyl (C=O) groups excluding carboxylic acids is 1. The van der Waals surface area contributed by atoms with Crippen molar-refractivity contribution in [2.75, 3.05) is 19.6 Å². The lowest BCUT2D eigenvalue weighted by Crippen LogP contribution is -2.35. The van der Waals surface area contributed by atoms with E-state index < -0.39 is 0 Å². The molecule has 1 aromatic carbocycles. The van der Waals surface area contributed by atoms with Crippen LogP contribution in [0.2, 0.25) is 0 Å². The van der Waals surface area contributed by atoms with E-state index in [0.29, 0.717) is 17.4 Å². The van der Waals surface area contributed by atoms with Gasteiger partial charge in [-0.25, -0.2) is 4.98 Å². The lowest BCUT2D eigenvalue weighted by molar-refractivity contribution is 0.0698. The highest BCUT2D eigenvalue weighted by molar-refractivity contribution is 5.94. The highest BCUT2D eigenvalue weighted by Gasteiger charge is 2.49. The number of likely N-dealkylation sites (tertiary alicyclic amines) is 2. The number of aryl methyl sites for hydroxylation is 2. The number of hydrogen-bond acceptors (Lipinski definition) is 5. The largest absolute Gasteiger partial charge is 0.472 e. The molecular formula is C22H25N5O2. The molecule has 1 N–H and O–H groups in total. The van der Waals surface area contributed by atoms with Gasteiger partial charge in [-0.3, -0.25) is 14.8 Å². The van der Waals surface area contributed by atoms with Crippen LogP contribution in [-0.2, 0) is 6.54 Å². The smallest absolute Gasteiger partial charge is 0.257 e. The molecule has 0 saturated carbocycles. The Balaban J connectivity index is 1.43. The molecule has 2 aliphatic rings. The Morgan fingerprint density at radius 2 is 2.07 bits per heavy atom. The van der Waals surface area contributed by atoms with Gasteiger partial charge in [0.15, 0.2) is 5.82 Å². The number of fused-ring (bicyclic) bond motifs is 1. The maximum Gasteiger partial charge on any atom is 0.257 e. The average molecular weight is 391 g/mol. The minimum atomic E-state index is 0.0533. The molecule has 4 heterocycles. The van der Waals surface area contributed by atoms with E-state index >= 15 is 0 Å². The molecule has 0 unspecified atom stereocenters. The second-order valence-electron chi connectivity index (χ2n) is 8.23. The van der Waals surface area contributed by atoms with Crippen LogP contribution in [0, 0.1) is 25.7 Å². The minimum absolute atomic E-state index is 0.0533. The summed E-state index contributed by atoms with van der Waals surface area (Å²) in [4.78, 5) is 22.2.